The summed E-state index contributed by atoms with van der Waals surface area (Å²) in [5, 5.41) is 10.3. The zero-order valence-corrected chi connectivity index (χ0v) is 7.17. The molecule has 7 heteroatoms. The third-order valence-corrected chi connectivity index (χ3v) is 1.45. The normalized spacial score (nSPS) is 8.87. The Morgan fingerprint density at radius 2 is 1.93 bits per heavy atom. The second-order valence-corrected chi connectivity index (χ2v) is 2.43. The van der Waals surface area contributed by atoms with Crippen LogP contribution in [0, 0.1) is 10.1 Å². The molecule has 1 rings (SSSR count). The second-order valence-electron chi connectivity index (χ2n) is 2.43. The van der Waals surface area contributed by atoms with Crippen LogP contribution >= 0.6 is 0 Å². The molecule has 0 amide bonds. The molecule has 0 aliphatic rings. The first kappa shape index (κ1) is 14.1. The van der Waals surface area contributed by atoms with Crippen LogP contribution in [0.25, 0.3) is 0 Å². The maximum absolute atomic E-state index is 10.7. The Bertz CT molecular complexity index is 352. The van der Waals surface area contributed by atoms with Crippen molar-refractivity contribution < 1.29 is 14.5 Å². The van der Waals surface area contributed by atoms with Gasteiger partial charge < -0.3 is 10.5 Å². The van der Waals surface area contributed by atoms with Gasteiger partial charge in [-0.1, -0.05) is 0 Å². The molecule has 0 fully saturated rings. The fourth-order valence-electron chi connectivity index (χ4n) is 0.809. The van der Waals surface area contributed by atoms with Crippen molar-refractivity contribution in [2.24, 2.45) is 5.73 Å². The Morgan fingerprint density at radius 3 is 2.33 bits per heavy atom. The van der Waals surface area contributed by atoms with Crippen molar-refractivity contribution in [2.45, 2.75) is 0 Å². The fourth-order valence-corrected chi connectivity index (χ4v) is 0.809. The number of hydrogen-bond donors (Lipinski definition) is 1. The molecule has 0 atom stereocenters. The number of rotatable bonds is 3. The van der Waals surface area contributed by atoms with Gasteiger partial charge in [-0.15, -0.1) is 0 Å². The first-order chi connectivity index (χ1) is 6.63. The summed E-state index contributed by atoms with van der Waals surface area (Å²) in [6.07, 6.45) is 0. The summed E-state index contributed by atoms with van der Waals surface area (Å²) in [6, 6.07) is 5.18. The topological polar surface area (TPSA) is 95.5 Å². The van der Waals surface area contributed by atoms with E-state index in [0.717, 1.165) is 0 Å². The minimum atomic E-state index is -0.584. The van der Waals surface area contributed by atoms with Crippen LogP contribution in [0.3, 0.4) is 0 Å². The van der Waals surface area contributed by atoms with E-state index in [1.54, 1.807) is 0 Å². The van der Waals surface area contributed by atoms with Gasteiger partial charge in [0.15, 0.2) is 0 Å². The number of non-ortho nitro benzene ring substituents is 1. The van der Waals surface area contributed by atoms with Crippen LogP contribution in [0.5, 0.6) is 5.75 Å². The molecule has 0 bridgehead atoms. The number of benzene rings is 1. The molecule has 76 valence electrons. The van der Waals surface area contributed by atoms with Crippen LogP contribution in [0.2, 0.25) is 0 Å². The van der Waals surface area contributed by atoms with Gasteiger partial charge in [0.1, 0.15) is 5.75 Å². The van der Waals surface area contributed by atoms with E-state index in [9.17, 15) is 14.9 Å². The van der Waals surface area contributed by atoms with Gasteiger partial charge in [0, 0.05) is 12.1 Å². The van der Waals surface area contributed by atoms with Crippen LogP contribution < -0.4 is 10.5 Å². The van der Waals surface area contributed by atoms with E-state index in [-0.39, 0.29) is 47.5 Å². The van der Waals surface area contributed by atoms with Gasteiger partial charge in [0.25, 0.3) is 5.69 Å². The van der Waals surface area contributed by atoms with Gasteiger partial charge in [-0.05, 0) is 12.1 Å². The fraction of sp³-hybridized carbons (Fsp3) is 0.125. The number of nitro benzene ring substituents is 1. The number of nitrogens with zero attached hydrogens (tertiary/aromatic N) is 1. The molecule has 0 unspecified atom stereocenters. The molecule has 0 saturated heterocycles. The molecule has 0 radical (unpaired) electrons. The van der Waals surface area contributed by atoms with E-state index in [1.807, 2.05) is 0 Å². The summed E-state index contributed by atoms with van der Waals surface area (Å²) in [7, 11) is 0. The number of nitrogens with two attached hydrogens (primary N) is 1. The van der Waals surface area contributed by atoms with E-state index >= 15 is 0 Å². The van der Waals surface area contributed by atoms with Gasteiger partial charge in [-0.25, -0.2) is 0 Å². The average molecular weight is 220 g/mol. The van der Waals surface area contributed by atoms with Gasteiger partial charge in [0.05, 0.1) is 11.5 Å². The Kier molecular flexibility index (Phi) is 6.11. The van der Waals surface area contributed by atoms with Crippen LogP contribution in [-0.4, -0.2) is 47.0 Å². The molecular weight excluding hydrogens is 211 g/mol. The Labute approximate surface area is 108 Å². The molecule has 15 heavy (non-hydrogen) atoms. The Balaban J connectivity index is 0.00000196. The van der Waals surface area contributed by atoms with E-state index in [0.29, 0.717) is 0 Å². The summed E-state index contributed by atoms with van der Waals surface area (Å²) >= 11 is 0. The van der Waals surface area contributed by atoms with Gasteiger partial charge in [0.2, 0.25) is 0 Å². The van der Waals surface area contributed by atoms with Crippen molar-refractivity contribution >= 4 is 41.2 Å². The van der Waals surface area contributed by atoms with Gasteiger partial charge >= 0.3 is 35.5 Å². The minimum absolute atomic E-state index is 0. The number of carbonyl (C=O) groups excluding carboxylic acids is 1. The SMILES string of the molecule is NCC(=O)Oc1ccc([N+](=O)[O-])cc1.[NaH]. The van der Waals surface area contributed by atoms with Crippen LogP contribution in [-0.2, 0) is 4.79 Å². The number of carbonyl (C=O) groups is 1. The molecule has 0 spiro atoms. The summed E-state index contributed by atoms with van der Waals surface area (Å²) < 4.78 is 4.71. The maximum atomic E-state index is 10.7. The molecule has 0 aliphatic carbocycles. The van der Waals surface area contributed by atoms with Crippen molar-refractivity contribution in [1.29, 1.82) is 0 Å². The summed E-state index contributed by atoms with van der Waals surface area (Å²) in [6.45, 7) is -0.225. The van der Waals surface area contributed by atoms with Gasteiger partial charge in [-0.3, -0.25) is 14.9 Å². The molecule has 0 aromatic heterocycles. The molecule has 0 aliphatic heterocycles. The predicted octanol–water partition coefficient (Wildman–Crippen LogP) is -0.190. The van der Waals surface area contributed by atoms with Crippen molar-refractivity contribution in [1.82, 2.24) is 0 Å². The number of ether oxygens (including phenoxy) is 1. The third-order valence-electron chi connectivity index (χ3n) is 1.45. The quantitative estimate of drug-likeness (QED) is 0.250. The first-order valence-electron chi connectivity index (χ1n) is 3.78. The van der Waals surface area contributed by atoms with E-state index < -0.39 is 10.9 Å². The van der Waals surface area contributed by atoms with Crippen molar-refractivity contribution in [3.05, 3.63) is 34.4 Å². The average Bonchev–Trinajstić information content (AvgIpc) is 2.18. The first-order valence-corrected chi connectivity index (χ1v) is 3.78. The van der Waals surface area contributed by atoms with E-state index in [4.69, 9.17) is 10.5 Å². The van der Waals surface area contributed by atoms with Gasteiger partial charge in [-0.2, -0.15) is 0 Å². The monoisotopic (exact) mass is 220 g/mol. The molecular formula is C8H9N2NaO4. The predicted molar refractivity (Wildman–Crippen MR) is 54.9 cm³/mol. The number of hydrogen-bond acceptors (Lipinski definition) is 5. The van der Waals surface area contributed by atoms with E-state index in [1.165, 1.54) is 24.3 Å². The molecule has 6 nitrogen and oxygen atoms in total. The molecule has 1 aromatic carbocycles. The van der Waals surface area contributed by atoms with Crippen molar-refractivity contribution in [3.63, 3.8) is 0 Å². The van der Waals surface area contributed by atoms with Crippen molar-refractivity contribution in [3.8, 4) is 5.75 Å². The third kappa shape index (κ3) is 4.39. The van der Waals surface area contributed by atoms with Crippen LogP contribution in [0.15, 0.2) is 24.3 Å². The molecule has 1 aromatic rings. The van der Waals surface area contributed by atoms with E-state index in [2.05, 4.69) is 0 Å². The van der Waals surface area contributed by atoms with Crippen LogP contribution in [0.1, 0.15) is 0 Å². The molecule has 0 heterocycles. The zero-order valence-electron chi connectivity index (χ0n) is 7.17. The second kappa shape index (κ2) is 6.52. The Morgan fingerprint density at radius 1 is 1.40 bits per heavy atom. The number of nitro groups is 1. The Hall–Kier alpha value is -0.950. The molecule has 0 saturated carbocycles. The van der Waals surface area contributed by atoms with Crippen LogP contribution in [0.4, 0.5) is 5.69 Å². The van der Waals surface area contributed by atoms with Crippen molar-refractivity contribution in [2.75, 3.05) is 6.54 Å². The summed E-state index contributed by atoms with van der Waals surface area (Å²) in [4.78, 5) is 20.5. The zero-order chi connectivity index (χ0) is 10.6. The molecule has 2 N–H and O–H groups in total. The standard InChI is InChI=1S/C8H8N2O4.Na.H/c9-5-8(11)14-7-3-1-6(2-4-7)10(12)13;;/h1-4H,5,9H2;;. The number of esters is 1. The summed E-state index contributed by atoms with van der Waals surface area (Å²) in [5.41, 5.74) is 4.96. The summed E-state index contributed by atoms with van der Waals surface area (Å²) in [5.74, 6) is -0.343.